The Morgan fingerprint density at radius 2 is 0.929 bits per heavy atom. The van der Waals surface area contributed by atoms with Crippen molar-refractivity contribution in [1.29, 1.82) is 0 Å². The molecule has 0 aliphatic heterocycles. The van der Waals surface area contributed by atoms with Crippen LogP contribution in [0.1, 0.15) is 117 Å². The maximum Gasteiger partial charge on any atom is 0.267 e. The Morgan fingerprint density at radius 3 is 1.25 bits per heavy atom. The molecule has 2 N–H and O–H groups in total. The summed E-state index contributed by atoms with van der Waals surface area (Å²) in [4.78, 5) is 0. The van der Waals surface area contributed by atoms with E-state index >= 15 is 0 Å². The minimum atomic E-state index is -3.86. The molecule has 0 saturated heterocycles. The predicted octanol–water partition coefficient (Wildman–Crippen LogP) is 6.29. The molecule has 0 aromatic carbocycles. The average Bonchev–Trinajstić information content (AvgIpc) is 2.56. The number of hydrogen-bond donors (Lipinski definition) is 2. The van der Waals surface area contributed by atoms with Gasteiger partial charge in [0.1, 0.15) is 0 Å². The van der Waals surface area contributed by atoms with Gasteiger partial charge in [0.15, 0.2) is 0 Å². The van der Waals surface area contributed by atoms with Crippen molar-refractivity contribution >= 4 is 21.1 Å². The van der Waals surface area contributed by atoms with E-state index in [9.17, 15) is 13.0 Å². The summed E-state index contributed by atoms with van der Waals surface area (Å²) in [5.74, 6) is 0. The Morgan fingerprint density at radius 1 is 0.679 bits per heavy atom. The Kier molecular flexibility index (Phi) is 27.8. The maximum atomic E-state index is 11.4. The van der Waals surface area contributed by atoms with Crippen LogP contribution in [0.2, 0.25) is 0 Å². The van der Waals surface area contributed by atoms with Gasteiger partial charge in [-0.2, -0.15) is 8.42 Å². The first-order valence-electron chi connectivity index (χ1n) is 10.5. The van der Waals surface area contributed by atoms with Crippen molar-refractivity contribution in [3.63, 3.8) is 0 Å². The van der Waals surface area contributed by atoms with Crippen molar-refractivity contribution in [2.24, 2.45) is 0 Å². The zero-order valence-electron chi connectivity index (χ0n) is 17.6. The molecule has 1 radical (unpaired) electrons. The van der Waals surface area contributed by atoms with Crippen molar-refractivity contribution in [2.75, 3.05) is 0 Å². The van der Waals surface area contributed by atoms with E-state index in [1.54, 1.807) is 0 Å². The molecule has 0 aliphatic carbocycles. The zero-order chi connectivity index (χ0) is 21.0. The fraction of sp³-hybridized carbons (Fsp3) is 1.00. The molecule has 1 unspecified atom stereocenters. The second-order valence-corrected chi connectivity index (χ2v) is 9.30. The van der Waals surface area contributed by atoms with Gasteiger partial charge in [0.25, 0.3) is 10.1 Å². The van der Waals surface area contributed by atoms with Crippen molar-refractivity contribution in [3.8, 4) is 0 Å². The van der Waals surface area contributed by atoms with Gasteiger partial charge in [-0.15, -0.1) is 0 Å². The van der Waals surface area contributed by atoms with E-state index < -0.39 is 26.4 Å². The first-order chi connectivity index (χ1) is 12.8. The summed E-state index contributed by atoms with van der Waals surface area (Å²) in [6, 6.07) is 0. The van der Waals surface area contributed by atoms with Gasteiger partial charge in [0, 0.05) is 27.8 Å². The van der Waals surface area contributed by atoms with E-state index in [0.29, 0.717) is 12.8 Å². The standard InChI is InChI=1S/C19H40O3S.Co.HO3S/c1-3-5-7-8-9-10-11-12-13-14-16-18-19(23(20,21)22)17-15-6-4-2;;1-4(2)3/h19H,3-18H2,1-2H3,(H,20,21,22);;(H,1,2,3)/q;;-1. The van der Waals surface area contributed by atoms with E-state index in [1.165, 1.54) is 57.8 Å². The Bertz CT molecular complexity index is 473. The van der Waals surface area contributed by atoms with E-state index in [1.807, 2.05) is 0 Å². The third kappa shape index (κ3) is 28.5. The molecule has 0 fully saturated rings. The molecule has 175 valence electrons. The molecule has 0 saturated carbocycles. The van der Waals surface area contributed by atoms with E-state index in [0.717, 1.165) is 32.1 Å². The second-order valence-electron chi connectivity index (χ2n) is 7.17. The van der Waals surface area contributed by atoms with Gasteiger partial charge in [-0.1, -0.05) is 104 Å². The van der Waals surface area contributed by atoms with Crippen LogP contribution in [-0.4, -0.2) is 22.8 Å². The number of rotatable bonds is 17. The van der Waals surface area contributed by atoms with Gasteiger partial charge in [-0.3, -0.25) is 4.55 Å². The van der Waals surface area contributed by atoms with Crippen LogP contribution in [0, 0.1) is 0 Å². The van der Waals surface area contributed by atoms with Gasteiger partial charge in [0.05, 0.1) is 5.25 Å². The summed E-state index contributed by atoms with van der Waals surface area (Å²) >= 11 is 0. The predicted molar refractivity (Wildman–Crippen MR) is 112 cm³/mol. The van der Waals surface area contributed by atoms with Crippen molar-refractivity contribution in [3.05, 3.63) is 0 Å². The van der Waals surface area contributed by atoms with E-state index in [-0.39, 0.29) is 16.8 Å². The minimum Gasteiger partial charge on any atom is -0.439 e. The third-order valence-electron chi connectivity index (χ3n) is 4.68. The molecule has 0 bridgehead atoms. The molecule has 0 aromatic heterocycles. The van der Waals surface area contributed by atoms with Crippen LogP contribution in [0.15, 0.2) is 0 Å². The van der Waals surface area contributed by atoms with Crippen LogP contribution in [0.5, 0.6) is 0 Å². The van der Waals surface area contributed by atoms with E-state index in [4.69, 9.17) is 13.0 Å². The molecule has 0 aromatic rings. The zero-order valence-corrected chi connectivity index (χ0v) is 20.2. The first kappa shape index (κ1) is 33.0. The molecule has 1 atom stereocenters. The van der Waals surface area contributed by atoms with Gasteiger partial charge in [-0.25, -0.2) is 0 Å². The van der Waals surface area contributed by atoms with Crippen LogP contribution in [0.3, 0.4) is 0 Å². The van der Waals surface area contributed by atoms with Crippen molar-refractivity contribution in [1.82, 2.24) is 0 Å². The normalized spacial score (nSPS) is 12.2. The van der Waals surface area contributed by atoms with Gasteiger partial charge >= 0.3 is 0 Å². The molecule has 0 spiro atoms. The molecule has 0 heterocycles. The van der Waals surface area contributed by atoms with Crippen LogP contribution in [0.4, 0.5) is 0 Å². The smallest absolute Gasteiger partial charge is 0.267 e. The Hall–Kier alpha value is 0.326. The van der Waals surface area contributed by atoms with Gasteiger partial charge in [-0.05, 0) is 12.8 Å². The molecular formula is C19H41CoO6S2-. The summed E-state index contributed by atoms with van der Waals surface area (Å²) in [7, 11) is -6.72. The second kappa shape index (κ2) is 23.6. The van der Waals surface area contributed by atoms with Gasteiger partial charge in [0.2, 0.25) is 0 Å². The van der Waals surface area contributed by atoms with Crippen LogP contribution >= 0.6 is 0 Å². The summed E-state index contributed by atoms with van der Waals surface area (Å²) in [6.07, 6.45) is 18.2. The molecular weight excluding hydrogens is 447 g/mol. The molecule has 6 nitrogen and oxygen atoms in total. The van der Waals surface area contributed by atoms with Crippen LogP contribution in [0.25, 0.3) is 0 Å². The molecule has 9 heteroatoms. The fourth-order valence-electron chi connectivity index (χ4n) is 3.10. The Balaban J connectivity index is -0.00000113. The number of unbranched alkanes of at least 4 members (excludes halogenated alkanes) is 12. The fourth-order valence-corrected chi connectivity index (χ4v) is 4.03. The Labute approximate surface area is 185 Å². The summed E-state index contributed by atoms with van der Waals surface area (Å²) in [6.45, 7) is 4.35. The van der Waals surface area contributed by atoms with Crippen molar-refractivity contribution in [2.45, 2.75) is 122 Å². The first-order valence-corrected chi connectivity index (χ1v) is 13.0. The molecule has 0 amide bonds. The topological polar surface area (TPSA) is 109 Å². The minimum absolute atomic E-state index is 0. The summed E-state index contributed by atoms with van der Waals surface area (Å²) in [5.41, 5.74) is 0. The average molecular weight is 489 g/mol. The third-order valence-corrected chi connectivity index (χ3v) is 5.99. The maximum absolute atomic E-state index is 11.4. The summed E-state index contributed by atoms with van der Waals surface area (Å²) in [5, 5.41) is -0.535. The molecule has 28 heavy (non-hydrogen) atoms. The SMILES string of the molecule is CCCCCCCCCCCCCC(CCCCC)S(=O)(=O)O.O=[S-](=O)O.[Co]. The van der Waals surface area contributed by atoms with Crippen LogP contribution < -0.4 is 0 Å². The number of hydrogen-bond acceptors (Lipinski definition) is 5. The van der Waals surface area contributed by atoms with Gasteiger partial charge < -0.3 is 13.0 Å². The summed E-state index contributed by atoms with van der Waals surface area (Å²) < 4.78 is 56.2. The van der Waals surface area contributed by atoms with E-state index in [2.05, 4.69) is 13.8 Å². The van der Waals surface area contributed by atoms with Crippen LogP contribution in [-0.2, 0) is 46.3 Å². The molecule has 0 rings (SSSR count). The monoisotopic (exact) mass is 488 g/mol. The quantitative estimate of drug-likeness (QED) is 0.108. The molecule has 0 aliphatic rings. The largest absolute Gasteiger partial charge is 0.439 e. The van der Waals surface area contributed by atoms with Crippen molar-refractivity contribution < 1.29 is 42.7 Å².